The van der Waals surface area contributed by atoms with Crippen LogP contribution < -0.4 is 0 Å². The smallest absolute Gasteiger partial charge is 0.161 e. The predicted molar refractivity (Wildman–Crippen MR) is 60.6 cm³/mol. The van der Waals surface area contributed by atoms with Crippen LogP contribution in [0, 0.1) is 5.82 Å². The summed E-state index contributed by atoms with van der Waals surface area (Å²) in [4.78, 5) is 14.9. The Bertz CT molecular complexity index is 512. The number of halogens is 2. The molecule has 0 N–H and O–H groups in total. The van der Waals surface area contributed by atoms with E-state index in [0.29, 0.717) is 21.7 Å². The lowest BCUT2D eigenvalue weighted by molar-refractivity contribution is 0.112. The van der Waals surface area contributed by atoms with E-state index < -0.39 is 0 Å². The summed E-state index contributed by atoms with van der Waals surface area (Å²) in [6, 6.07) is 4.62. The molecule has 2 rings (SSSR count). The molecule has 0 aliphatic carbocycles. The second-order valence-corrected chi connectivity index (χ2v) is 4.79. The Morgan fingerprint density at radius 2 is 2.27 bits per heavy atom. The van der Waals surface area contributed by atoms with Crippen molar-refractivity contribution in [3.8, 4) is 10.6 Å². The molecule has 2 aromatic rings. The van der Waals surface area contributed by atoms with Crippen molar-refractivity contribution >= 4 is 33.6 Å². The van der Waals surface area contributed by atoms with Gasteiger partial charge in [-0.25, -0.2) is 9.37 Å². The van der Waals surface area contributed by atoms with E-state index in [0.717, 1.165) is 4.47 Å². The van der Waals surface area contributed by atoms with Crippen LogP contribution in [-0.4, -0.2) is 11.3 Å². The third kappa shape index (κ3) is 2.13. The van der Waals surface area contributed by atoms with E-state index in [4.69, 9.17) is 0 Å². The average molecular weight is 286 g/mol. The lowest BCUT2D eigenvalue weighted by atomic mass is 10.2. The van der Waals surface area contributed by atoms with Gasteiger partial charge in [-0.1, -0.05) is 15.9 Å². The Morgan fingerprint density at radius 1 is 1.47 bits per heavy atom. The maximum Gasteiger partial charge on any atom is 0.161 e. The van der Waals surface area contributed by atoms with E-state index >= 15 is 0 Å². The fourth-order valence-electron chi connectivity index (χ4n) is 1.13. The summed E-state index contributed by atoms with van der Waals surface area (Å²) in [5, 5.41) is 0.510. The standard InChI is InChI=1S/C10H5BrFNOS/c11-6-1-2-9(12)8(3-6)10-13-4-7(5-14)15-10/h1-5H. The van der Waals surface area contributed by atoms with Gasteiger partial charge in [-0.15, -0.1) is 11.3 Å². The largest absolute Gasteiger partial charge is 0.297 e. The Labute approximate surface area is 97.9 Å². The van der Waals surface area contributed by atoms with E-state index in [1.54, 1.807) is 12.1 Å². The monoisotopic (exact) mass is 285 g/mol. The first-order valence-electron chi connectivity index (χ1n) is 4.07. The number of carbonyl (C=O) groups is 1. The number of benzene rings is 1. The zero-order valence-corrected chi connectivity index (χ0v) is 9.81. The number of aromatic nitrogens is 1. The Morgan fingerprint density at radius 3 is 2.93 bits per heavy atom. The van der Waals surface area contributed by atoms with E-state index in [1.807, 2.05) is 0 Å². The molecule has 0 unspecified atom stereocenters. The Balaban J connectivity index is 2.52. The van der Waals surface area contributed by atoms with Gasteiger partial charge in [-0.05, 0) is 18.2 Å². The van der Waals surface area contributed by atoms with Crippen molar-refractivity contribution in [2.45, 2.75) is 0 Å². The van der Waals surface area contributed by atoms with Gasteiger partial charge in [0.2, 0.25) is 0 Å². The summed E-state index contributed by atoms with van der Waals surface area (Å²) >= 11 is 4.43. The molecule has 76 valence electrons. The van der Waals surface area contributed by atoms with Gasteiger partial charge < -0.3 is 0 Å². The number of hydrogen-bond acceptors (Lipinski definition) is 3. The minimum Gasteiger partial charge on any atom is -0.297 e. The SMILES string of the molecule is O=Cc1cnc(-c2cc(Br)ccc2F)s1. The quantitative estimate of drug-likeness (QED) is 0.790. The van der Waals surface area contributed by atoms with Gasteiger partial charge in [0.25, 0.3) is 0 Å². The number of hydrogen-bond donors (Lipinski definition) is 0. The van der Waals surface area contributed by atoms with E-state index in [2.05, 4.69) is 20.9 Å². The number of thiazole rings is 1. The molecule has 5 heteroatoms. The molecule has 1 aromatic carbocycles. The molecule has 1 heterocycles. The second kappa shape index (κ2) is 4.20. The van der Waals surface area contributed by atoms with Crippen LogP contribution in [0.15, 0.2) is 28.9 Å². The van der Waals surface area contributed by atoms with Crippen LogP contribution in [0.3, 0.4) is 0 Å². The summed E-state index contributed by atoms with van der Waals surface area (Å²) < 4.78 is 14.2. The first-order valence-corrected chi connectivity index (χ1v) is 5.68. The van der Waals surface area contributed by atoms with Gasteiger partial charge in [0, 0.05) is 16.2 Å². The molecule has 0 saturated carbocycles. The maximum absolute atomic E-state index is 13.4. The average Bonchev–Trinajstić information content (AvgIpc) is 2.70. The molecule has 0 atom stereocenters. The minimum atomic E-state index is -0.343. The summed E-state index contributed by atoms with van der Waals surface area (Å²) in [6.07, 6.45) is 2.14. The topological polar surface area (TPSA) is 30.0 Å². The van der Waals surface area contributed by atoms with E-state index in [1.165, 1.54) is 23.6 Å². The zero-order valence-electron chi connectivity index (χ0n) is 7.41. The van der Waals surface area contributed by atoms with Crippen molar-refractivity contribution in [1.82, 2.24) is 4.98 Å². The number of rotatable bonds is 2. The third-order valence-corrected chi connectivity index (χ3v) is 3.25. The molecule has 0 amide bonds. The van der Waals surface area contributed by atoms with Crippen LogP contribution in [0.4, 0.5) is 4.39 Å². The molecular formula is C10H5BrFNOS. The van der Waals surface area contributed by atoms with Crippen LogP contribution >= 0.6 is 27.3 Å². The van der Waals surface area contributed by atoms with E-state index in [9.17, 15) is 9.18 Å². The maximum atomic E-state index is 13.4. The molecule has 0 aliphatic rings. The lowest BCUT2D eigenvalue weighted by Crippen LogP contribution is -1.82. The summed E-state index contributed by atoms with van der Waals surface area (Å²) in [5.41, 5.74) is 0.405. The zero-order chi connectivity index (χ0) is 10.8. The van der Waals surface area contributed by atoms with Crippen molar-refractivity contribution < 1.29 is 9.18 Å². The van der Waals surface area contributed by atoms with Gasteiger partial charge in [-0.3, -0.25) is 4.79 Å². The first kappa shape index (κ1) is 10.4. The number of carbonyl (C=O) groups excluding carboxylic acids is 1. The van der Waals surface area contributed by atoms with Crippen molar-refractivity contribution in [3.63, 3.8) is 0 Å². The van der Waals surface area contributed by atoms with Gasteiger partial charge in [0.05, 0.1) is 4.88 Å². The highest BCUT2D eigenvalue weighted by molar-refractivity contribution is 9.10. The Kier molecular flexibility index (Phi) is 2.93. The highest BCUT2D eigenvalue weighted by atomic mass is 79.9. The highest BCUT2D eigenvalue weighted by Gasteiger charge is 2.09. The second-order valence-electron chi connectivity index (χ2n) is 2.81. The molecule has 0 aliphatic heterocycles. The fraction of sp³-hybridized carbons (Fsp3) is 0. The number of nitrogens with zero attached hydrogens (tertiary/aromatic N) is 1. The molecule has 0 saturated heterocycles. The molecule has 2 nitrogen and oxygen atoms in total. The van der Waals surface area contributed by atoms with Gasteiger partial charge in [0.15, 0.2) is 6.29 Å². The van der Waals surface area contributed by atoms with Crippen LogP contribution in [-0.2, 0) is 0 Å². The summed E-state index contributed by atoms with van der Waals surface area (Å²) in [5.74, 6) is -0.343. The molecule has 0 spiro atoms. The summed E-state index contributed by atoms with van der Waals surface area (Å²) in [6.45, 7) is 0. The molecular weight excluding hydrogens is 281 g/mol. The first-order chi connectivity index (χ1) is 7.20. The molecule has 0 radical (unpaired) electrons. The Hall–Kier alpha value is -1.07. The van der Waals surface area contributed by atoms with Crippen molar-refractivity contribution in [2.24, 2.45) is 0 Å². The third-order valence-electron chi connectivity index (χ3n) is 1.80. The lowest BCUT2D eigenvalue weighted by Gasteiger charge is -1.98. The molecule has 0 fully saturated rings. The van der Waals surface area contributed by atoms with Crippen molar-refractivity contribution in [3.05, 3.63) is 39.6 Å². The van der Waals surface area contributed by atoms with Gasteiger partial charge in [-0.2, -0.15) is 0 Å². The van der Waals surface area contributed by atoms with Gasteiger partial charge in [0.1, 0.15) is 10.8 Å². The minimum absolute atomic E-state index is 0.343. The van der Waals surface area contributed by atoms with Crippen LogP contribution in [0.25, 0.3) is 10.6 Å². The van der Waals surface area contributed by atoms with Crippen molar-refractivity contribution in [2.75, 3.05) is 0 Å². The molecule has 15 heavy (non-hydrogen) atoms. The van der Waals surface area contributed by atoms with Gasteiger partial charge >= 0.3 is 0 Å². The van der Waals surface area contributed by atoms with Crippen LogP contribution in [0.2, 0.25) is 0 Å². The molecule has 1 aromatic heterocycles. The highest BCUT2D eigenvalue weighted by Crippen LogP contribution is 2.29. The summed E-state index contributed by atoms with van der Waals surface area (Å²) in [7, 11) is 0. The molecule has 0 bridgehead atoms. The normalized spacial score (nSPS) is 10.3. The number of aldehydes is 1. The predicted octanol–water partition coefficient (Wildman–Crippen LogP) is 3.52. The van der Waals surface area contributed by atoms with Crippen LogP contribution in [0.5, 0.6) is 0 Å². The van der Waals surface area contributed by atoms with Crippen LogP contribution in [0.1, 0.15) is 9.67 Å². The van der Waals surface area contributed by atoms with E-state index in [-0.39, 0.29) is 5.82 Å². The van der Waals surface area contributed by atoms with Crippen molar-refractivity contribution in [1.29, 1.82) is 0 Å². The fourth-order valence-corrected chi connectivity index (χ4v) is 2.24.